The average Bonchev–Trinajstić information content (AvgIpc) is 3.39. The van der Waals surface area contributed by atoms with Crippen LogP contribution >= 0.6 is 15.6 Å². The smallest absolute Gasteiger partial charge is 0.462 e. The van der Waals surface area contributed by atoms with Crippen molar-refractivity contribution in [2.45, 2.75) is 289 Å². The minimum absolute atomic E-state index is 0.0649. The predicted octanol–water partition coefficient (Wildman–Crippen LogP) is 14.8. The Hall–Kier alpha value is -1.94. The van der Waals surface area contributed by atoms with Crippen molar-refractivity contribution >= 4 is 39.5 Å². The molecule has 76 heavy (non-hydrogen) atoms. The number of aliphatic hydroxyl groups is 1. The highest BCUT2D eigenvalue weighted by Crippen LogP contribution is 2.45. The van der Waals surface area contributed by atoms with E-state index in [0.717, 1.165) is 109 Å². The second kappa shape index (κ2) is 52.4. The maximum atomic E-state index is 12.9. The number of esters is 4. The lowest BCUT2D eigenvalue weighted by molar-refractivity contribution is -0.161. The van der Waals surface area contributed by atoms with Crippen LogP contribution in [0.25, 0.3) is 0 Å². The summed E-state index contributed by atoms with van der Waals surface area (Å²) >= 11 is 0. The van der Waals surface area contributed by atoms with Gasteiger partial charge in [-0.25, -0.2) is 9.13 Å². The Morgan fingerprint density at radius 1 is 0.355 bits per heavy atom. The first kappa shape index (κ1) is 74.1. The van der Waals surface area contributed by atoms with Crippen LogP contribution in [0.1, 0.15) is 271 Å². The lowest BCUT2D eigenvalue weighted by atomic mass is 10.0. The topological polar surface area (TPSA) is 237 Å². The summed E-state index contributed by atoms with van der Waals surface area (Å²) in [7, 11) is -9.87. The van der Waals surface area contributed by atoms with Crippen LogP contribution in [0, 0.1) is 13.8 Å². The van der Waals surface area contributed by atoms with E-state index in [0.29, 0.717) is 25.7 Å². The molecule has 0 aromatic carbocycles. The van der Waals surface area contributed by atoms with E-state index in [1.807, 2.05) is 0 Å². The molecular formula is C57H108O17P2-2. The Kier molecular flexibility index (Phi) is 51.1. The van der Waals surface area contributed by atoms with Gasteiger partial charge in [-0.1, -0.05) is 206 Å². The number of aliphatic hydroxyl groups excluding tert-OH is 1. The van der Waals surface area contributed by atoms with E-state index < -0.39 is 97.5 Å². The summed E-state index contributed by atoms with van der Waals surface area (Å²) in [6.07, 6.45) is 34.3. The number of ether oxygens (including phenoxy) is 4. The van der Waals surface area contributed by atoms with Gasteiger partial charge < -0.3 is 47.7 Å². The molecular weight excluding hydrogens is 1020 g/mol. The first-order valence-electron chi connectivity index (χ1n) is 29.9. The fourth-order valence-electron chi connectivity index (χ4n) is 8.25. The molecule has 0 aliphatic heterocycles. The van der Waals surface area contributed by atoms with Crippen molar-refractivity contribution in [1.82, 2.24) is 0 Å². The van der Waals surface area contributed by atoms with Crippen molar-refractivity contribution in [2.24, 2.45) is 0 Å². The third kappa shape index (κ3) is 51.5. The highest BCUT2D eigenvalue weighted by atomic mass is 31.2. The molecule has 17 nitrogen and oxygen atoms in total. The zero-order chi connectivity index (χ0) is 56.2. The predicted molar refractivity (Wildman–Crippen MR) is 298 cm³/mol. The summed E-state index contributed by atoms with van der Waals surface area (Å²) in [5.74, 6) is -2.21. The molecule has 0 aromatic heterocycles. The summed E-state index contributed by atoms with van der Waals surface area (Å²) in [6.45, 7) is 8.04. The van der Waals surface area contributed by atoms with Crippen molar-refractivity contribution in [2.75, 3.05) is 39.6 Å². The standard InChI is InChI=1S/C57H108O17P2/c1-5-9-13-17-20-23-24-25-26-27-28-30-33-36-40-44-57(62)74-53(48-68-55(60)42-39-35-32-29-21-18-14-10-6-2)50-72-76(65,66)70-46-51(58)45-69-75(63,64)71-49-52(73-56(61)43-37-16-12-8-4)47-67-54(59)41-38-34-31-22-19-15-11-7-3/h51-53,58H,3-50H2,1-2H3,(H,63,64)(H,65,66)/q-2/t51-,52-,53-/m1/s1. The zero-order valence-electron chi connectivity index (χ0n) is 47.6. The van der Waals surface area contributed by atoms with Crippen molar-refractivity contribution in [1.29, 1.82) is 0 Å². The quantitative estimate of drug-likeness (QED) is 0.0169. The maximum Gasteiger partial charge on any atom is 0.472 e. The lowest BCUT2D eigenvalue weighted by Gasteiger charge is -2.21. The molecule has 0 saturated carbocycles. The Bertz CT molecular complexity index is 1490. The van der Waals surface area contributed by atoms with Crippen LogP contribution in [0.15, 0.2) is 0 Å². The van der Waals surface area contributed by atoms with E-state index in [9.17, 15) is 43.2 Å². The Morgan fingerprint density at radius 2 is 0.592 bits per heavy atom. The summed E-state index contributed by atoms with van der Waals surface area (Å²) in [5, 5.41) is 10.4. The molecule has 0 fully saturated rings. The number of phosphoric acid groups is 2. The third-order valence-electron chi connectivity index (χ3n) is 12.9. The van der Waals surface area contributed by atoms with Gasteiger partial charge in [0.15, 0.2) is 12.2 Å². The minimum atomic E-state index is -4.94. The summed E-state index contributed by atoms with van der Waals surface area (Å²) in [4.78, 5) is 71.3. The zero-order valence-corrected chi connectivity index (χ0v) is 49.4. The van der Waals surface area contributed by atoms with Gasteiger partial charge in [0, 0.05) is 25.7 Å². The Morgan fingerprint density at radius 3 is 0.882 bits per heavy atom. The molecule has 0 heterocycles. The summed E-state index contributed by atoms with van der Waals surface area (Å²) in [5.41, 5.74) is 0. The van der Waals surface area contributed by atoms with Gasteiger partial charge in [-0.2, -0.15) is 12.8 Å². The largest absolute Gasteiger partial charge is 0.472 e. The molecule has 450 valence electrons. The van der Waals surface area contributed by atoms with Crippen LogP contribution in [0.4, 0.5) is 0 Å². The van der Waals surface area contributed by atoms with Crippen molar-refractivity contribution in [3.05, 3.63) is 13.8 Å². The molecule has 19 heteroatoms. The van der Waals surface area contributed by atoms with Crippen molar-refractivity contribution < 1.29 is 80.2 Å². The Balaban J connectivity index is 5.10. The van der Waals surface area contributed by atoms with Crippen LogP contribution < -0.4 is 0 Å². The molecule has 0 aromatic rings. The van der Waals surface area contributed by atoms with E-state index in [4.69, 9.17) is 37.0 Å². The van der Waals surface area contributed by atoms with E-state index in [-0.39, 0.29) is 25.7 Å². The van der Waals surface area contributed by atoms with Gasteiger partial charge in [0.05, 0.1) is 26.4 Å². The molecule has 5 atom stereocenters. The summed E-state index contributed by atoms with van der Waals surface area (Å²) in [6, 6.07) is 0. The summed E-state index contributed by atoms with van der Waals surface area (Å²) < 4.78 is 67.2. The molecule has 0 aliphatic rings. The van der Waals surface area contributed by atoms with Gasteiger partial charge in [0.2, 0.25) is 0 Å². The molecule has 0 bridgehead atoms. The van der Waals surface area contributed by atoms with E-state index in [2.05, 4.69) is 27.7 Å². The van der Waals surface area contributed by atoms with Crippen LogP contribution in [-0.2, 0) is 65.4 Å². The highest BCUT2D eigenvalue weighted by molar-refractivity contribution is 7.47. The second-order valence-corrected chi connectivity index (χ2v) is 23.3. The number of unbranched alkanes of at least 4 members (excludes halogenated alkanes) is 32. The van der Waals surface area contributed by atoms with Gasteiger partial charge >= 0.3 is 39.5 Å². The van der Waals surface area contributed by atoms with E-state index in [1.165, 1.54) is 96.3 Å². The first-order valence-corrected chi connectivity index (χ1v) is 32.9. The monoisotopic (exact) mass is 1130 g/mol. The van der Waals surface area contributed by atoms with Gasteiger partial charge in [-0.3, -0.25) is 37.3 Å². The molecule has 0 amide bonds. The molecule has 0 radical (unpaired) electrons. The number of rotatable bonds is 58. The molecule has 3 N–H and O–H groups in total. The van der Waals surface area contributed by atoms with Crippen molar-refractivity contribution in [3.63, 3.8) is 0 Å². The SMILES string of the molecule is [CH2-]CCCCCCCCCC(=O)OC[C@H](COP(=O)(O)OC[C@@H](O)COP(=O)(O)OC[C@@H](COC(=O)CCCCCCCCCCC)OC(=O)CCCCCCCCCCCCCCCCC)OC(=O)CCCCC[CH2-]. The Labute approximate surface area is 460 Å². The molecule has 0 spiro atoms. The molecule has 0 saturated heterocycles. The van der Waals surface area contributed by atoms with Crippen LogP contribution in [0.3, 0.4) is 0 Å². The number of carbonyl (C=O) groups excluding carboxylic acids is 4. The van der Waals surface area contributed by atoms with Gasteiger partial charge in [0.25, 0.3) is 0 Å². The van der Waals surface area contributed by atoms with Crippen LogP contribution in [0.5, 0.6) is 0 Å². The minimum Gasteiger partial charge on any atom is -0.462 e. The second-order valence-electron chi connectivity index (χ2n) is 20.4. The fraction of sp³-hybridized carbons (Fsp3) is 0.895. The van der Waals surface area contributed by atoms with Crippen LogP contribution in [-0.4, -0.2) is 96.7 Å². The number of hydrogen-bond donors (Lipinski definition) is 3. The first-order chi connectivity index (χ1) is 36.7. The van der Waals surface area contributed by atoms with E-state index >= 15 is 0 Å². The maximum absolute atomic E-state index is 12.9. The molecule has 2 unspecified atom stereocenters. The molecule has 0 aliphatic carbocycles. The fourth-order valence-corrected chi connectivity index (χ4v) is 9.83. The third-order valence-corrected chi connectivity index (χ3v) is 14.8. The van der Waals surface area contributed by atoms with Crippen molar-refractivity contribution in [3.8, 4) is 0 Å². The van der Waals surface area contributed by atoms with Gasteiger partial charge in [-0.15, -0.1) is 0 Å². The van der Waals surface area contributed by atoms with Gasteiger partial charge in [-0.05, 0) is 25.7 Å². The highest BCUT2D eigenvalue weighted by Gasteiger charge is 2.30. The lowest BCUT2D eigenvalue weighted by Crippen LogP contribution is -2.30. The number of hydrogen-bond acceptors (Lipinski definition) is 15. The van der Waals surface area contributed by atoms with Crippen LogP contribution in [0.2, 0.25) is 0 Å². The number of carbonyl (C=O) groups is 4. The normalized spacial score (nSPS) is 14.4. The van der Waals surface area contributed by atoms with Gasteiger partial charge in [0.1, 0.15) is 19.3 Å². The van der Waals surface area contributed by atoms with E-state index in [1.54, 1.807) is 0 Å². The number of phosphoric ester groups is 2. The molecule has 0 rings (SSSR count). The average molecular weight is 1130 g/mol.